The van der Waals surface area contributed by atoms with E-state index in [0.717, 1.165) is 12.8 Å². The molecule has 1 aromatic rings. The minimum Gasteiger partial charge on any atom is -0.326 e. The van der Waals surface area contributed by atoms with Gasteiger partial charge in [-0.2, -0.15) is 0 Å². The van der Waals surface area contributed by atoms with Gasteiger partial charge in [-0.1, -0.05) is 0 Å². The summed E-state index contributed by atoms with van der Waals surface area (Å²) in [5, 5.41) is 2.70. The summed E-state index contributed by atoms with van der Waals surface area (Å²) >= 11 is 0. The van der Waals surface area contributed by atoms with Crippen LogP contribution in [0.3, 0.4) is 0 Å². The fraction of sp³-hybridized carbons (Fsp3) is 0.500. The summed E-state index contributed by atoms with van der Waals surface area (Å²) in [6, 6.07) is 6.18. The Hall–Kier alpha value is -1.44. The molecule has 0 spiro atoms. The molecule has 0 atom stereocenters. The lowest BCUT2D eigenvalue weighted by atomic mass is 10.0. The van der Waals surface area contributed by atoms with Crippen LogP contribution < -0.4 is 15.8 Å². The Morgan fingerprint density at radius 1 is 1.29 bits per heavy atom. The summed E-state index contributed by atoms with van der Waals surface area (Å²) in [6.45, 7) is 3.54. The molecule has 1 amide bonds. The first kappa shape index (κ1) is 15.9. The van der Waals surface area contributed by atoms with Crippen LogP contribution in [0.5, 0.6) is 0 Å². The fourth-order valence-electron chi connectivity index (χ4n) is 1.83. The molecule has 0 unspecified atom stereocenters. The lowest BCUT2D eigenvalue weighted by Crippen LogP contribution is -2.36. The number of nitrogens with two attached hydrogens (primary N) is 1. The highest BCUT2D eigenvalue weighted by atomic mass is 32.2. The molecular formula is C14H21N3O3S. The Kier molecular flexibility index (Phi) is 4.36. The van der Waals surface area contributed by atoms with Gasteiger partial charge in [0.25, 0.3) is 0 Å². The Balaban J connectivity index is 2.00. The first-order chi connectivity index (χ1) is 9.66. The summed E-state index contributed by atoms with van der Waals surface area (Å²) in [6.07, 6.45) is 1.97. The van der Waals surface area contributed by atoms with Crippen molar-refractivity contribution in [1.82, 2.24) is 4.72 Å². The van der Waals surface area contributed by atoms with Crippen LogP contribution in [0.15, 0.2) is 29.2 Å². The highest BCUT2D eigenvalue weighted by Crippen LogP contribution is 2.22. The van der Waals surface area contributed by atoms with Gasteiger partial charge in [0.05, 0.1) is 4.90 Å². The lowest BCUT2D eigenvalue weighted by Gasteiger charge is -2.17. The van der Waals surface area contributed by atoms with E-state index in [1.165, 1.54) is 12.1 Å². The molecule has 0 aromatic heterocycles. The van der Waals surface area contributed by atoms with E-state index in [2.05, 4.69) is 10.0 Å². The molecule has 0 bridgehead atoms. The molecule has 1 aliphatic rings. The summed E-state index contributed by atoms with van der Waals surface area (Å²) in [7, 11) is -3.45. The smallest absolute Gasteiger partial charge is 0.240 e. The van der Waals surface area contributed by atoms with Crippen LogP contribution in [0.2, 0.25) is 0 Å². The average Bonchev–Trinajstić information content (AvgIpc) is 3.10. The van der Waals surface area contributed by atoms with Crippen LogP contribution in [-0.2, 0) is 14.8 Å². The van der Waals surface area contributed by atoms with Crippen molar-refractivity contribution in [3.8, 4) is 0 Å². The molecule has 7 heteroatoms. The largest absolute Gasteiger partial charge is 0.326 e. The number of rotatable bonds is 6. The van der Waals surface area contributed by atoms with Crippen molar-refractivity contribution in [3.63, 3.8) is 0 Å². The number of hydrogen-bond donors (Lipinski definition) is 3. The first-order valence-corrected chi connectivity index (χ1v) is 8.35. The third kappa shape index (κ3) is 5.11. The first-order valence-electron chi connectivity index (χ1n) is 6.87. The second kappa shape index (κ2) is 5.75. The number of carbonyl (C=O) groups excluding carboxylic acids is 1. The molecule has 0 radical (unpaired) electrons. The molecule has 0 aliphatic heterocycles. The average molecular weight is 311 g/mol. The van der Waals surface area contributed by atoms with Crippen molar-refractivity contribution in [1.29, 1.82) is 0 Å². The maximum absolute atomic E-state index is 12.0. The number of hydrogen-bond acceptors (Lipinski definition) is 4. The van der Waals surface area contributed by atoms with Crippen LogP contribution in [0.25, 0.3) is 0 Å². The Morgan fingerprint density at radius 2 is 1.86 bits per heavy atom. The highest BCUT2D eigenvalue weighted by Gasteiger charge is 2.27. The normalized spacial score (nSPS) is 15.8. The van der Waals surface area contributed by atoms with Crippen LogP contribution in [0.1, 0.15) is 33.1 Å². The molecule has 1 saturated carbocycles. The van der Waals surface area contributed by atoms with E-state index < -0.39 is 15.6 Å². The number of amides is 1. The molecule has 4 N–H and O–H groups in total. The number of benzene rings is 1. The van der Waals surface area contributed by atoms with E-state index in [4.69, 9.17) is 5.73 Å². The number of nitrogens with one attached hydrogen (secondary N) is 2. The van der Waals surface area contributed by atoms with Crippen molar-refractivity contribution < 1.29 is 13.2 Å². The molecule has 1 aliphatic carbocycles. The van der Waals surface area contributed by atoms with E-state index in [1.54, 1.807) is 26.0 Å². The van der Waals surface area contributed by atoms with E-state index >= 15 is 0 Å². The minimum absolute atomic E-state index is 0.0705. The van der Waals surface area contributed by atoms with Gasteiger partial charge in [-0.25, -0.2) is 13.1 Å². The molecule has 21 heavy (non-hydrogen) atoms. The predicted octanol–water partition coefficient (Wildman–Crippen LogP) is 1.19. The summed E-state index contributed by atoms with van der Waals surface area (Å²) in [4.78, 5) is 11.9. The van der Waals surface area contributed by atoms with Crippen LogP contribution in [0, 0.1) is 0 Å². The quantitative estimate of drug-likeness (QED) is 0.734. The van der Waals surface area contributed by atoms with E-state index in [-0.39, 0.29) is 23.3 Å². The minimum atomic E-state index is -3.45. The highest BCUT2D eigenvalue weighted by molar-refractivity contribution is 7.89. The standard InChI is InChI=1S/C14H21N3O3S/c1-14(2,15)9-13(18)16-10-5-7-12(8-6-10)21(19,20)17-11-3-4-11/h5-8,11,17H,3-4,9,15H2,1-2H3,(H,16,18). The molecule has 1 fully saturated rings. The fourth-order valence-corrected chi connectivity index (χ4v) is 3.13. The maximum Gasteiger partial charge on any atom is 0.240 e. The van der Waals surface area contributed by atoms with Crippen molar-refractivity contribution in [2.45, 2.75) is 49.6 Å². The van der Waals surface area contributed by atoms with Gasteiger partial charge in [0.15, 0.2) is 0 Å². The third-order valence-electron chi connectivity index (χ3n) is 2.96. The Morgan fingerprint density at radius 3 is 2.33 bits per heavy atom. The molecule has 0 heterocycles. The second-order valence-electron chi connectivity index (χ2n) is 6.13. The number of carbonyl (C=O) groups is 1. The predicted molar refractivity (Wildman–Crippen MR) is 81.3 cm³/mol. The summed E-state index contributed by atoms with van der Waals surface area (Å²) < 4.78 is 26.6. The SMILES string of the molecule is CC(C)(N)CC(=O)Nc1ccc(S(=O)(=O)NC2CC2)cc1. The van der Waals surface area contributed by atoms with E-state index in [9.17, 15) is 13.2 Å². The van der Waals surface area contributed by atoms with Crippen LogP contribution in [0.4, 0.5) is 5.69 Å². The zero-order valence-electron chi connectivity index (χ0n) is 12.2. The molecule has 1 aromatic carbocycles. The molecular weight excluding hydrogens is 290 g/mol. The van der Waals surface area contributed by atoms with Gasteiger partial charge >= 0.3 is 0 Å². The van der Waals surface area contributed by atoms with Gasteiger partial charge in [-0.3, -0.25) is 4.79 Å². The summed E-state index contributed by atoms with van der Waals surface area (Å²) in [5.41, 5.74) is 5.74. The zero-order valence-corrected chi connectivity index (χ0v) is 13.0. The topological polar surface area (TPSA) is 101 Å². The van der Waals surface area contributed by atoms with Crippen molar-refractivity contribution in [3.05, 3.63) is 24.3 Å². The van der Waals surface area contributed by atoms with Gasteiger partial charge in [0.2, 0.25) is 15.9 Å². The Labute approximate surface area is 125 Å². The lowest BCUT2D eigenvalue weighted by molar-refractivity contribution is -0.117. The molecule has 6 nitrogen and oxygen atoms in total. The van der Waals surface area contributed by atoms with Gasteiger partial charge in [0, 0.05) is 23.7 Å². The van der Waals surface area contributed by atoms with Gasteiger partial charge in [0.1, 0.15) is 0 Å². The van der Waals surface area contributed by atoms with E-state index in [0.29, 0.717) is 5.69 Å². The van der Waals surface area contributed by atoms with Crippen molar-refractivity contribution in [2.75, 3.05) is 5.32 Å². The van der Waals surface area contributed by atoms with E-state index in [1.807, 2.05) is 0 Å². The Bertz CT molecular complexity index is 614. The summed E-state index contributed by atoms with van der Waals surface area (Å²) in [5.74, 6) is -0.200. The van der Waals surface area contributed by atoms with Gasteiger partial charge in [-0.15, -0.1) is 0 Å². The second-order valence-corrected chi connectivity index (χ2v) is 7.85. The van der Waals surface area contributed by atoms with Crippen LogP contribution in [-0.4, -0.2) is 25.9 Å². The zero-order chi connectivity index (χ0) is 15.7. The maximum atomic E-state index is 12.0. The molecule has 0 saturated heterocycles. The van der Waals surface area contributed by atoms with Crippen LogP contribution >= 0.6 is 0 Å². The van der Waals surface area contributed by atoms with Crippen molar-refractivity contribution in [2.24, 2.45) is 5.73 Å². The van der Waals surface area contributed by atoms with Gasteiger partial charge < -0.3 is 11.1 Å². The van der Waals surface area contributed by atoms with Gasteiger partial charge in [-0.05, 0) is 51.0 Å². The third-order valence-corrected chi connectivity index (χ3v) is 4.50. The molecule has 2 rings (SSSR count). The number of anilines is 1. The number of sulfonamides is 1. The van der Waals surface area contributed by atoms with Crippen molar-refractivity contribution >= 4 is 21.6 Å². The monoisotopic (exact) mass is 311 g/mol. The molecule has 116 valence electrons.